The van der Waals surface area contributed by atoms with Crippen LogP contribution in [0.15, 0.2) is 47.1 Å². The van der Waals surface area contributed by atoms with Gasteiger partial charge in [0.25, 0.3) is 11.8 Å². The molecule has 3 heterocycles. The van der Waals surface area contributed by atoms with Crippen molar-refractivity contribution in [3.63, 3.8) is 0 Å². The first kappa shape index (κ1) is 16.8. The molecule has 2 bridgehead atoms. The highest BCUT2D eigenvalue weighted by atomic mass is 16.3. The van der Waals surface area contributed by atoms with Crippen LogP contribution in [0, 0.1) is 0 Å². The molecule has 136 valence electrons. The molecule has 26 heavy (non-hydrogen) atoms. The molecule has 2 aliphatic rings. The Balaban J connectivity index is 1.59. The number of likely N-dealkylation sites (tertiary alicyclic amines) is 1. The first-order chi connectivity index (χ1) is 12.6. The molecule has 0 radical (unpaired) electrons. The SMILES string of the molecule is CN(C(=O)c1ccco1)c1ccccc1C(=O)N1CCC2CCC(C1)N2. The number of anilines is 1. The number of carbonyl (C=O) groups is 2. The average molecular weight is 353 g/mol. The lowest BCUT2D eigenvalue weighted by molar-refractivity contribution is 0.0749. The van der Waals surface area contributed by atoms with E-state index in [1.807, 2.05) is 17.0 Å². The average Bonchev–Trinajstić information content (AvgIpc) is 3.30. The van der Waals surface area contributed by atoms with Gasteiger partial charge < -0.3 is 19.5 Å². The molecular weight excluding hydrogens is 330 g/mol. The Bertz CT molecular complexity index is 802. The van der Waals surface area contributed by atoms with Crippen molar-refractivity contribution < 1.29 is 14.0 Å². The van der Waals surface area contributed by atoms with Crippen LogP contribution in [0.5, 0.6) is 0 Å². The highest BCUT2D eigenvalue weighted by Crippen LogP contribution is 2.26. The van der Waals surface area contributed by atoms with Gasteiger partial charge in [-0.15, -0.1) is 0 Å². The largest absolute Gasteiger partial charge is 0.459 e. The zero-order valence-electron chi connectivity index (χ0n) is 14.9. The number of furan rings is 1. The zero-order chi connectivity index (χ0) is 18.1. The Labute approximate surface area is 152 Å². The van der Waals surface area contributed by atoms with Gasteiger partial charge in [-0.2, -0.15) is 0 Å². The molecule has 1 N–H and O–H groups in total. The van der Waals surface area contributed by atoms with Crippen molar-refractivity contribution in [1.82, 2.24) is 10.2 Å². The van der Waals surface area contributed by atoms with Crippen molar-refractivity contribution in [3.05, 3.63) is 54.0 Å². The summed E-state index contributed by atoms with van der Waals surface area (Å²) in [5.74, 6) is -0.0353. The van der Waals surface area contributed by atoms with Crippen LogP contribution in [0.1, 0.15) is 40.2 Å². The molecule has 1 aromatic carbocycles. The molecule has 2 unspecified atom stereocenters. The van der Waals surface area contributed by atoms with Crippen molar-refractivity contribution in [3.8, 4) is 0 Å². The maximum Gasteiger partial charge on any atom is 0.293 e. The van der Waals surface area contributed by atoms with Crippen LogP contribution in [0.25, 0.3) is 0 Å². The first-order valence-corrected chi connectivity index (χ1v) is 9.09. The van der Waals surface area contributed by atoms with E-state index in [2.05, 4.69) is 5.32 Å². The number of fused-ring (bicyclic) bond motifs is 2. The second-order valence-corrected chi connectivity index (χ2v) is 7.04. The molecule has 0 saturated carbocycles. The topological polar surface area (TPSA) is 65.8 Å². The normalized spacial score (nSPS) is 22.1. The highest BCUT2D eigenvalue weighted by Gasteiger charge is 2.32. The van der Waals surface area contributed by atoms with E-state index in [1.165, 1.54) is 17.6 Å². The molecular formula is C20H23N3O3. The molecule has 2 atom stereocenters. The van der Waals surface area contributed by atoms with E-state index in [-0.39, 0.29) is 17.6 Å². The van der Waals surface area contributed by atoms with Gasteiger partial charge in [0.05, 0.1) is 17.5 Å². The van der Waals surface area contributed by atoms with Gasteiger partial charge in [0.15, 0.2) is 5.76 Å². The second kappa shape index (κ2) is 6.96. The Kier molecular flexibility index (Phi) is 4.51. The molecule has 2 fully saturated rings. The predicted molar refractivity (Wildman–Crippen MR) is 98.3 cm³/mol. The number of para-hydroxylation sites is 1. The minimum absolute atomic E-state index is 0.0194. The number of nitrogens with one attached hydrogen (secondary N) is 1. The van der Waals surface area contributed by atoms with Crippen LogP contribution in [0.2, 0.25) is 0 Å². The number of hydrogen-bond acceptors (Lipinski definition) is 4. The molecule has 2 aliphatic heterocycles. The molecule has 4 rings (SSSR count). The number of benzene rings is 1. The summed E-state index contributed by atoms with van der Waals surface area (Å²) in [6, 6.07) is 11.5. The van der Waals surface area contributed by atoms with Gasteiger partial charge in [0.1, 0.15) is 0 Å². The van der Waals surface area contributed by atoms with Gasteiger partial charge in [-0.3, -0.25) is 9.59 Å². The molecule has 2 amide bonds. The highest BCUT2D eigenvalue weighted by molar-refractivity contribution is 6.09. The lowest BCUT2D eigenvalue weighted by atomic mass is 10.1. The quantitative estimate of drug-likeness (QED) is 0.921. The van der Waals surface area contributed by atoms with Gasteiger partial charge in [-0.25, -0.2) is 0 Å². The summed E-state index contributed by atoms with van der Waals surface area (Å²) < 4.78 is 5.21. The fourth-order valence-corrected chi connectivity index (χ4v) is 3.92. The minimum Gasteiger partial charge on any atom is -0.459 e. The maximum atomic E-state index is 13.2. The number of nitrogens with zero attached hydrogens (tertiary/aromatic N) is 2. The van der Waals surface area contributed by atoms with Gasteiger partial charge >= 0.3 is 0 Å². The summed E-state index contributed by atoms with van der Waals surface area (Å²) in [5.41, 5.74) is 1.15. The van der Waals surface area contributed by atoms with E-state index in [1.54, 1.807) is 31.3 Å². The van der Waals surface area contributed by atoms with Gasteiger partial charge in [-0.05, 0) is 43.5 Å². The third-order valence-corrected chi connectivity index (χ3v) is 5.34. The predicted octanol–water partition coefficient (Wildman–Crippen LogP) is 2.52. The van der Waals surface area contributed by atoms with Crippen molar-refractivity contribution in [2.45, 2.75) is 31.3 Å². The van der Waals surface area contributed by atoms with E-state index in [9.17, 15) is 9.59 Å². The molecule has 6 nitrogen and oxygen atoms in total. The summed E-state index contributed by atoms with van der Waals surface area (Å²) >= 11 is 0. The van der Waals surface area contributed by atoms with Crippen LogP contribution in [0.4, 0.5) is 5.69 Å². The summed E-state index contributed by atoms with van der Waals surface area (Å²) in [6.45, 7) is 1.47. The van der Waals surface area contributed by atoms with E-state index in [4.69, 9.17) is 4.42 Å². The van der Waals surface area contributed by atoms with Gasteiger partial charge in [0, 0.05) is 32.2 Å². The second-order valence-electron chi connectivity index (χ2n) is 7.04. The fraction of sp³-hybridized carbons (Fsp3) is 0.400. The van der Waals surface area contributed by atoms with Crippen molar-refractivity contribution in [2.75, 3.05) is 25.0 Å². The van der Waals surface area contributed by atoms with E-state index >= 15 is 0 Å². The van der Waals surface area contributed by atoms with Gasteiger partial charge in [0.2, 0.25) is 0 Å². The number of rotatable bonds is 3. The number of hydrogen-bond donors (Lipinski definition) is 1. The molecule has 0 aliphatic carbocycles. The maximum absolute atomic E-state index is 13.2. The molecule has 1 aromatic heterocycles. The summed E-state index contributed by atoms with van der Waals surface area (Å²) in [6.07, 6.45) is 4.76. The van der Waals surface area contributed by atoms with E-state index in [0.29, 0.717) is 23.3 Å². The Morgan fingerprint density at radius 1 is 1.12 bits per heavy atom. The van der Waals surface area contributed by atoms with Crippen LogP contribution in [-0.2, 0) is 0 Å². The van der Waals surface area contributed by atoms with Gasteiger partial charge in [-0.1, -0.05) is 12.1 Å². The van der Waals surface area contributed by atoms with Crippen LogP contribution in [-0.4, -0.2) is 48.9 Å². The van der Waals surface area contributed by atoms with Crippen LogP contribution < -0.4 is 10.2 Å². The third kappa shape index (κ3) is 3.12. The lowest BCUT2D eigenvalue weighted by Gasteiger charge is -2.27. The van der Waals surface area contributed by atoms with E-state index in [0.717, 1.165) is 25.9 Å². The Morgan fingerprint density at radius 3 is 2.73 bits per heavy atom. The minimum atomic E-state index is -0.271. The van der Waals surface area contributed by atoms with Crippen molar-refractivity contribution >= 4 is 17.5 Å². The molecule has 2 aromatic rings. The first-order valence-electron chi connectivity index (χ1n) is 9.09. The number of amides is 2. The van der Waals surface area contributed by atoms with Crippen LogP contribution >= 0.6 is 0 Å². The van der Waals surface area contributed by atoms with Crippen molar-refractivity contribution in [2.24, 2.45) is 0 Å². The molecule has 6 heteroatoms. The molecule has 0 spiro atoms. The van der Waals surface area contributed by atoms with Crippen molar-refractivity contribution in [1.29, 1.82) is 0 Å². The standard InChI is InChI=1S/C20H23N3O3/c1-22(20(25)18-7-4-12-26-18)17-6-3-2-5-16(17)19(24)23-11-10-14-8-9-15(13-23)21-14/h2-7,12,14-15,21H,8-11,13H2,1H3. The smallest absolute Gasteiger partial charge is 0.293 e. The Morgan fingerprint density at radius 2 is 1.92 bits per heavy atom. The van der Waals surface area contributed by atoms with E-state index < -0.39 is 0 Å². The van der Waals surface area contributed by atoms with Crippen LogP contribution in [0.3, 0.4) is 0 Å². The number of carbonyl (C=O) groups excluding carboxylic acids is 2. The summed E-state index contributed by atoms with van der Waals surface area (Å²) in [5, 5.41) is 3.59. The summed E-state index contributed by atoms with van der Waals surface area (Å²) in [7, 11) is 1.67. The lowest BCUT2D eigenvalue weighted by Crippen LogP contribution is -2.40. The fourth-order valence-electron chi connectivity index (χ4n) is 3.92. The molecule has 2 saturated heterocycles. The summed E-state index contributed by atoms with van der Waals surface area (Å²) in [4.78, 5) is 29.2. The monoisotopic (exact) mass is 353 g/mol. The Hall–Kier alpha value is -2.60. The zero-order valence-corrected chi connectivity index (χ0v) is 14.9. The third-order valence-electron chi connectivity index (χ3n) is 5.34.